The Balaban J connectivity index is 2.88. The van der Waals surface area contributed by atoms with Crippen LogP contribution in [0.25, 0.3) is 0 Å². The van der Waals surface area contributed by atoms with Crippen LogP contribution in [0, 0.1) is 6.92 Å². The first kappa shape index (κ1) is 13.4. The van der Waals surface area contributed by atoms with Crippen molar-refractivity contribution in [2.45, 2.75) is 19.9 Å². The van der Waals surface area contributed by atoms with Gasteiger partial charge in [-0.05, 0) is 25.5 Å². The molecule has 0 saturated heterocycles. The van der Waals surface area contributed by atoms with Crippen LogP contribution in [-0.2, 0) is 0 Å². The molecule has 0 aromatic heterocycles. The second-order valence-corrected chi connectivity index (χ2v) is 4.38. The zero-order valence-corrected chi connectivity index (χ0v) is 10.8. The smallest absolute Gasteiger partial charge is 0.125 e. The first-order chi connectivity index (χ1) is 7.54. The van der Waals surface area contributed by atoms with Crippen molar-refractivity contribution in [3.05, 3.63) is 39.9 Å². The van der Waals surface area contributed by atoms with E-state index in [-0.39, 0.29) is 12.6 Å². The van der Waals surface area contributed by atoms with Gasteiger partial charge in [-0.1, -0.05) is 35.3 Å². The number of rotatable bonds is 4. The molecule has 0 fully saturated rings. The summed E-state index contributed by atoms with van der Waals surface area (Å²) in [5.41, 5.74) is 9.22. The van der Waals surface area contributed by atoms with Gasteiger partial charge in [0.05, 0.1) is 5.03 Å². The van der Waals surface area contributed by atoms with E-state index < -0.39 is 0 Å². The number of hydrogen-bond donors (Lipinski definition) is 1. The maximum Gasteiger partial charge on any atom is 0.125 e. The van der Waals surface area contributed by atoms with Crippen molar-refractivity contribution in [1.82, 2.24) is 0 Å². The summed E-state index contributed by atoms with van der Waals surface area (Å²) in [5.74, 6) is 0.756. The molecule has 0 spiro atoms. The normalized spacial score (nSPS) is 13.7. The Bertz CT molecular complexity index is 389. The lowest BCUT2D eigenvalue weighted by molar-refractivity contribution is 0.353. The number of aryl methyl sites for hydroxylation is 1. The first-order valence-corrected chi connectivity index (χ1v) is 5.79. The summed E-state index contributed by atoms with van der Waals surface area (Å²) in [4.78, 5) is 0. The molecule has 2 N–H and O–H groups in total. The Kier molecular flexibility index (Phi) is 5.13. The van der Waals surface area contributed by atoms with Gasteiger partial charge >= 0.3 is 0 Å². The lowest BCUT2D eigenvalue weighted by atomic mass is 10.1. The minimum absolute atomic E-state index is 0.0747. The molecule has 0 bridgehead atoms. The molecule has 88 valence electrons. The van der Waals surface area contributed by atoms with Crippen molar-refractivity contribution in [3.63, 3.8) is 0 Å². The average molecular weight is 260 g/mol. The molecule has 0 amide bonds. The Morgan fingerprint density at radius 3 is 2.81 bits per heavy atom. The van der Waals surface area contributed by atoms with E-state index in [4.69, 9.17) is 33.7 Å². The van der Waals surface area contributed by atoms with Crippen LogP contribution >= 0.6 is 23.2 Å². The van der Waals surface area contributed by atoms with Gasteiger partial charge in [0.15, 0.2) is 0 Å². The summed E-state index contributed by atoms with van der Waals surface area (Å²) in [6, 6.07) is 5.84. The quantitative estimate of drug-likeness (QED) is 0.895. The fourth-order valence-corrected chi connectivity index (χ4v) is 1.44. The topological polar surface area (TPSA) is 35.2 Å². The lowest BCUT2D eigenvalue weighted by Crippen LogP contribution is -2.09. The maximum atomic E-state index is 5.85. The van der Waals surface area contributed by atoms with E-state index in [1.165, 1.54) is 5.54 Å². The van der Waals surface area contributed by atoms with E-state index in [9.17, 15) is 0 Å². The molecule has 0 unspecified atom stereocenters. The molecule has 16 heavy (non-hydrogen) atoms. The third kappa shape index (κ3) is 3.71. The van der Waals surface area contributed by atoms with Crippen LogP contribution in [0.1, 0.15) is 24.1 Å². The Hall–Kier alpha value is -0.700. The maximum absolute atomic E-state index is 5.85. The summed E-state index contributed by atoms with van der Waals surface area (Å²) >= 11 is 11.2. The third-order valence-electron chi connectivity index (χ3n) is 2.14. The molecular weight excluding hydrogens is 245 g/mol. The second-order valence-electron chi connectivity index (χ2n) is 3.67. The van der Waals surface area contributed by atoms with Gasteiger partial charge in [0.1, 0.15) is 12.4 Å². The molecule has 0 heterocycles. The second kappa shape index (κ2) is 6.14. The van der Waals surface area contributed by atoms with Crippen molar-refractivity contribution >= 4 is 23.2 Å². The Morgan fingerprint density at radius 2 is 2.25 bits per heavy atom. The SMILES string of the molecule is Cc1ccc([C@@H](C)N)c(OCC(Cl)=CCl)c1. The summed E-state index contributed by atoms with van der Waals surface area (Å²) in [6.07, 6.45) is 0. The molecule has 4 heteroatoms. The van der Waals surface area contributed by atoms with E-state index in [1.54, 1.807) is 0 Å². The fourth-order valence-electron chi connectivity index (χ4n) is 1.32. The van der Waals surface area contributed by atoms with Crippen molar-refractivity contribution in [1.29, 1.82) is 0 Å². The predicted octanol–water partition coefficient (Wildman–Crippen LogP) is 3.71. The molecule has 1 aromatic rings. The van der Waals surface area contributed by atoms with Crippen molar-refractivity contribution in [3.8, 4) is 5.75 Å². The Labute approximate surface area is 106 Å². The van der Waals surface area contributed by atoms with E-state index in [0.717, 1.165) is 16.9 Å². The van der Waals surface area contributed by atoms with Gasteiger partial charge in [-0.3, -0.25) is 0 Å². The van der Waals surface area contributed by atoms with Crippen LogP contribution in [0.15, 0.2) is 28.8 Å². The molecule has 0 aliphatic carbocycles. The van der Waals surface area contributed by atoms with Gasteiger partial charge in [-0.2, -0.15) is 0 Å². The largest absolute Gasteiger partial charge is 0.488 e. The highest BCUT2D eigenvalue weighted by atomic mass is 35.5. The van der Waals surface area contributed by atoms with Gasteiger partial charge in [0.2, 0.25) is 0 Å². The molecule has 0 radical (unpaired) electrons. The number of hydrogen-bond acceptors (Lipinski definition) is 2. The highest BCUT2D eigenvalue weighted by molar-refractivity contribution is 6.36. The lowest BCUT2D eigenvalue weighted by Gasteiger charge is -2.14. The minimum Gasteiger partial charge on any atom is -0.488 e. The minimum atomic E-state index is -0.0747. The van der Waals surface area contributed by atoms with E-state index in [2.05, 4.69) is 0 Å². The highest BCUT2D eigenvalue weighted by Crippen LogP contribution is 2.25. The van der Waals surface area contributed by atoms with Crippen LogP contribution in [0.4, 0.5) is 0 Å². The van der Waals surface area contributed by atoms with Gasteiger partial charge in [-0.15, -0.1) is 0 Å². The Morgan fingerprint density at radius 1 is 1.56 bits per heavy atom. The van der Waals surface area contributed by atoms with Gasteiger partial charge in [0.25, 0.3) is 0 Å². The molecule has 0 aliphatic rings. The summed E-state index contributed by atoms with van der Waals surface area (Å²) < 4.78 is 5.57. The van der Waals surface area contributed by atoms with Crippen LogP contribution in [0.3, 0.4) is 0 Å². The van der Waals surface area contributed by atoms with Crippen LogP contribution in [0.5, 0.6) is 5.75 Å². The first-order valence-electron chi connectivity index (χ1n) is 4.98. The summed E-state index contributed by atoms with van der Waals surface area (Å²) in [6.45, 7) is 4.17. The standard InChI is InChI=1S/C12H15Cl2NO/c1-8-3-4-11(9(2)15)12(5-8)16-7-10(14)6-13/h3-6,9H,7,15H2,1-2H3/t9-/m1/s1. The zero-order valence-electron chi connectivity index (χ0n) is 9.34. The molecule has 1 rings (SSSR count). The molecule has 1 atom stereocenters. The van der Waals surface area contributed by atoms with Crippen molar-refractivity contribution in [2.75, 3.05) is 6.61 Å². The van der Waals surface area contributed by atoms with Crippen LogP contribution < -0.4 is 10.5 Å². The monoisotopic (exact) mass is 259 g/mol. The van der Waals surface area contributed by atoms with Gasteiger partial charge in [-0.25, -0.2) is 0 Å². The summed E-state index contributed by atoms with van der Waals surface area (Å²) in [5, 5.41) is 0.457. The van der Waals surface area contributed by atoms with Crippen LogP contribution in [-0.4, -0.2) is 6.61 Å². The number of nitrogens with two attached hydrogens (primary N) is 1. The van der Waals surface area contributed by atoms with Crippen molar-refractivity contribution < 1.29 is 4.74 Å². The fraction of sp³-hybridized carbons (Fsp3) is 0.333. The third-order valence-corrected chi connectivity index (χ3v) is 2.74. The van der Waals surface area contributed by atoms with Gasteiger partial charge < -0.3 is 10.5 Å². The van der Waals surface area contributed by atoms with E-state index in [0.29, 0.717) is 5.03 Å². The number of ether oxygens (including phenoxy) is 1. The number of benzene rings is 1. The zero-order chi connectivity index (χ0) is 12.1. The molecular formula is C12H15Cl2NO. The average Bonchev–Trinajstić information content (AvgIpc) is 2.25. The van der Waals surface area contributed by atoms with Crippen molar-refractivity contribution in [2.24, 2.45) is 5.73 Å². The molecule has 0 saturated carbocycles. The van der Waals surface area contributed by atoms with Gasteiger partial charge in [0, 0.05) is 17.1 Å². The highest BCUT2D eigenvalue weighted by Gasteiger charge is 2.08. The number of halogens is 2. The van der Waals surface area contributed by atoms with Crippen LogP contribution in [0.2, 0.25) is 0 Å². The molecule has 1 aromatic carbocycles. The van der Waals surface area contributed by atoms with E-state index >= 15 is 0 Å². The predicted molar refractivity (Wildman–Crippen MR) is 69.1 cm³/mol. The molecule has 2 nitrogen and oxygen atoms in total. The summed E-state index contributed by atoms with van der Waals surface area (Å²) in [7, 11) is 0. The molecule has 0 aliphatic heterocycles. The van der Waals surface area contributed by atoms with E-state index in [1.807, 2.05) is 32.0 Å².